The maximum atomic E-state index is 11.5. The summed E-state index contributed by atoms with van der Waals surface area (Å²) in [6.45, 7) is 7.16. The maximum absolute atomic E-state index is 11.5. The molecule has 94 valence electrons. The van der Waals surface area contributed by atoms with Gasteiger partial charge in [-0.3, -0.25) is 0 Å². The fourth-order valence-electron chi connectivity index (χ4n) is 1.76. The summed E-state index contributed by atoms with van der Waals surface area (Å²) in [5, 5.41) is 15.2. The van der Waals surface area contributed by atoms with Crippen LogP contribution in [0.5, 0.6) is 0 Å². The molecule has 1 rings (SSSR count). The zero-order chi connectivity index (χ0) is 12.2. The summed E-state index contributed by atoms with van der Waals surface area (Å²) in [4.78, 5) is 11.5. The molecule has 5 nitrogen and oxygen atoms in total. The zero-order valence-electron chi connectivity index (χ0n) is 10.2. The maximum Gasteiger partial charge on any atom is 0.407 e. The normalized spacial score (nSPS) is 26.2. The number of aliphatic hydroxyl groups is 1. The van der Waals surface area contributed by atoms with E-state index in [1.807, 2.05) is 20.8 Å². The first-order valence-electron chi connectivity index (χ1n) is 5.73. The molecule has 1 heterocycles. The Kier molecular flexibility index (Phi) is 4.56. The molecule has 0 radical (unpaired) electrons. The highest BCUT2D eigenvalue weighted by Crippen LogP contribution is 2.13. The van der Waals surface area contributed by atoms with Gasteiger partial charge in [0.15, 0.2) is 0 Å². The van der Waals surface area contributed by atoms with Gasteiger partial charge in [-0.05, 0) is 33.7 Å². The fourth-order valence-corrected chi connectivity index (χ4v) is 1.76. The number of carbonyl (C=O) groups is 1. The summed E-state index contributed by atoms with van der Waals surface area (Å²) < 4.78 is 5.17. The molecule has 0 aliphatic carbocycles. The third-order valence-corrected chi connectivity index (χ3v) is 2.56. The molecule has 0 aromatic carbocycles. The third kappa shape index (κ3) is 4.37. The lowest BCUT2D eigenvalue weighted by Gasteiger charge is -2.32. The van der Waals surface area contributed by atoms with Crippen LogP contribution in [0, 0.1) is 5.92 Å². The van der Waals surface area contributed by atoms with E-state index >= 15 is 0 Å². The highest BCUT2D eigenvalue weighted by molar-refractivity contribution is 5.68. The standard InChI is InChI=1S/C11H22N2O3/c1-11(2,3)16-10(15)13-9-6-12-5-4-8(9)7-14/h8-9,12,14H,4-7H2,1-3H3,(H,13,15)/t8-,9+/m1/s1. The molecule has 1 amide bonds. The van der Waals surface area contributed by atoms with Crippen molar-refractivity contribution in [2.45, 2.75) is 38.8 Å². The Morgan fingerprint density at radius 1 is 1.56 bits per heavy atom. The van der Waals surface area contributed by atoms with Gasteiger partial charge >= 0.3 is 6.09 Å². The number of amides is 1. The second kappa shape index (κ2) is 5.50. The molecule has 1 saturated heterocycles. The van der Waals surface area contributed by atoms with E-state index < -0.39 is 11.7 Å². The molecule has 0 bridgehead atoms. The first-order valence-corrected chi connectivity index (χ1v) is 5.73. The quantitative estimate of drug-likeness (QED) is 0.645. The molecule has 5 heteroatoms. The number of rotatable bonds is 2. The highest BCUT2D eigenvalue weighted by Gasteiger charge is 2.27. The minimum Gasteiger partial charge on any atom is -0.444 e. The van der Waals surface area contributed by atoms with Crippen LogP contribution in [-0.2, 0) is 4.74 Å². The Bertz CT molecular complexity index is 238. The molecular formula is C11H22N2O3. The van der Waals surface area contributed by atoms with Crippen LogP contribution < -0.4 is 10.6 Å². The lowest BCUT2D eigenvalue weighted by Crippen LogP contribution is -2.52. The number of carbonyl (C=O) groups excluding carboxylic acids is 1. The topological polar surface area (TPSA) is 70.6 Å². The monoisotopic (exact) mass is 230 g/mol. The number of hydrogen-bond donors (Lipinski definition) is 3. The molecule has 0 aromatic rings. The van der Waals surface area contributed by atoms with Gasteiger partial charge in [0, 0.05) is 25.1 Å². The number of alkyl carbamates (subject to hydrolysis) is 1. The summed E-state index contributed by atoms with van der Waals surface area (Å²) >= 11 is 0. The summed E-state index contributed by atoms with van der Waals surface area (Å²) in [5.41, 5.74) is -0.485. The van der Waals surface area contributed by atoms with E-state index in [2.05, 4.69) is 10.6 Å². The van der Waals surface area contributed by atoms with Gasteiger partial charge in [0.05, 0.1) is 0 Å². The van der Waals surface area contributed by atoms with Gasteiger partial charge in [-0.25, -0.2) is 4.79 Å². The SMILES string of the molecule is CC(C)(C)OC(=O)N[C@H]1CNCC[C@@H]1CO. The Morgan fingerprint density at radius 3 is 2.81 bits per heavy atom. The molecule has 0 unspecified atom stereocenters. The van der Waals surface area contributed by atoms with E-state index in [1.54, 1.807) is 0 Å². The Labute approximate surface area is 96.6 Å². The number of piperidine rings is 1. The number of hydrogen-bond acceptors (Lipinski definition) is 4. The smallest absolute Gasteiger partial charge is 0.407 e. The predicted molar refractivity (Wildman–Crippen MR) is 61.2 cm³/mol. The molecule has 0 spiro atoms. The van der Waals surface area contributed by atoms with Crippen LogP contribution in [0.2, 0.25) is 0 Å². The highest BCUT2D eigenvalue weighted by atomic mass is 16.6. The van der Waals surface area contributed by atoms with Crippen molar-refractivity contribution in [3.63, 3.8) is 0 Å². The Balaban J connectivity index is 2.42. The van der Waals surface area contributed by atoms with Crippen molar-refractivity contribution in [1.29, 1.82) is 0 Å². The van der Waals surface area contributed by atoms with E-state index in [-0.39, 0.29) is 18.6 Å². The van der Waals surface area contributed by atoms with Crippen molar-refractivity contribution >= 4 is 6.09 Å². The molecule has 16 heavy (non-hydrogen) atoms. The van der Waals surface area contributed by atoms with Crippen molar-refractivity contribution in [3.8, 4) is 0 Å². The fraction of sp³-hybridized carbons (Fsp3) is 0.909. The van der Waals surface area contributed by atoms with Gasteiger partial charge in [0.1, 0.15) is 5.60 Å². The average Bonchev–Trinajstić information content (AvgIpc) is 2.15. The average molecular weight is 230 g/mol. The largest absolute Gasteiger partial charge is 0.444 e. The summed E-state index contributed by atoms with van der Waals surface area (Å²) in [6.07, 6.45) is 0.455. The van der Waals surface area contributed by atoms with E-state index in [0.29, 0.717) is 6.54 Å². The van der Waals surface area contributed by atoms with Crippen LogP contribution in [0.25, 0.3) is 0 Å². The summed E-state index contributed by atoms with van der Waals surface area (Å²) in [7, 11) is 0. The van der Waals surface area contributed by atoms with Gasteiger partial charge in [-0.2, -0.15) is 0 Å². The van der Waals surface area contributed by atoms with Gasteiger partial charge in [-0.15, -0.1) is 0 Å². The number of nitrogens with one attached hydrogen (secondary N) is 2. The van der Waals surface area contributed by atoms with Crippen LogP contribution in [0.3, 0.4) is 0 Å². The van der Waals surface area contributed by atoms with Crippen LogP contribution in [0.4, 0.5) is 4.79 Å². The van der Waals surface area contributed by atoms with Crippen molar-refractivity contribution in [1.82, 2.24) is 10.6 Å². The number of ether oxygens (including phenoxy) is 1. The lowest BCUT2D eigenvalue weighted by atomic mass is 9.94. The van der Waals surface area contributed by atoms with Crippen LogP contribution in [-0.4, -0.2) is 42.5 Å². The molecule has 1 aliphatic rings. The molecule has 2 atom stereocenters. The zero-order valence-corrected chi connectivity index (χ0v) is 10.2. The van der Waals surface area contributed by atoms with Crippen molar-refractivity contribution in [2.24, 2.45) is 5.92 Å². The molecule has 1 fully saturated rings. The Hall–Kier alpha value is -0.810. The predicted octanol–water partition coefficient (Wildman–Crippen LogP) is 0.481. The second-order valence-electron chi connectivity index (χ2n) is 5.19. The van der Waals surface area contributed by atoms with E-state index in [9.17, 15) is 9.90 Å². The molecule has 0 aromatic heterocycles. The summed E-state index contributed by atoms with van der Waals surface area (Å²) in [5.74, 6) is 0.119. The molecule has 0 saturated carbocycles. The molecular weight excluding hydrogens is 208 g/mol. The van der Waals surface area contributed by atoms with Gasteiger partial charge in [0.25, 0.3) is 0 Å². The Morgan fingerprint density at radius 2 is 2.25 bits per heavy atom. The lowest BCUT2D eigenvalue weighted by molar-refractivity contribution is 0.0455. The minimum absolute atomic E-state index is 0.0476. The van der Waals surface area contributed by atoms with Crippen LogP contribution in [0.1, 0.15) is 27.2 Å². The van der Waals surface area contributed by atoms with Crippen molar-refractivity contribution in [2.75, 3.05) is 19.7 Å². The first kappa shape index (κ1) is 13.3. The van der Waals surface area contributed by atoms with Crippen LogP contribution in [0.15, 0.2) is 0 Å². The van der Waals surface area contributed by atoms with Crippen molar-refractivity contribution in [3.05, 3.63) is 0 Å². The molecule has 1 aliphatic heterocycles. The number of aliphatic hydroxyl groups excluding tert-OH is 1. The molecule has 3 N–H and O–H groups in total. The minimum atomic E-state index is -0.485. The van der Waals surface area contributed by atoms with E-state index in [0.717, 1.165) is 13.0 Å². The van der Waals surface area contributed by atoms with Crippen LogP contribution >= 0.6 is 0 Å². The van der Waals surface area contributed by atoms with Crippen molar-refractivity contribution < 1.29 is 14.6 Å². The van der Waals surface area contributed by atoms with E-state index in [4.69, 9.17) is 4.74 Å². The third-order valence-electron chi connectivity index (χ3n) is 2.56. The first-order chi connectivity index (χ1) is 7.42. The van der Waals surface area contributed by atoms with Gasteiger partial charge < -0.3 is 20.5 Å². The second-order valence-corrected chi connectivity index (χ2v) is 5.19. The van der Waals surface area contributed by atoms with Gasteiger partial charge in [-0.1, -0.05) is 0 Å². The van der Waals surface area contributed by atoms with Gasteiger partial charge in [0.2, 0.25) is 0 Å². The summed E-state index contributed by atoms with van der Waals surface area (Å²) in [6, 6.07) is -0.0476. The van der Waals surface area contributed by atoms with E-state index in [1.165, 1.54) is 0 Å².